The number of nitrogens with one attached hydrogen (secondary N) is 2. The molecule has 0 saturated carbocycles. The maximum Gasteiger partial charge on any atom is 0.244 e. The average molecular weight is 498 g/mol. The molecule has 1 saturated heterocycles. The van der Waals surface area contributed by atoms with Gasteiger partial charge in [-0.1, -0.05) is 24.3 Å². The summed E-state index contributed by atoms with van der Waals surface area (Å²) in [5, 5.41) is 2.81. The molecule has 1 atom stereocenters. The van der Waals surface area contributed by atoms with Crippen LogP contribution in [0.4, 0.5) is 10.1 Å². The van der Waals surface area contributed by atoms with E-state index in [1.807, 2.05) is 42.3 Å². The van der Waals surface area contributed by atoms with Crippen LogP contribution in [-0.2, 0) is 21.4 Å². The molecule has 0 aliphatic carbocycles. The molecule has 2 N–H and O–H groups in total. The Morgan fingerprint density at radius 2 is 1.84 bits per heavy atom. The lowest BCUT2D eigenvalue weighted by molar-refractivity contribution is -0.122. The Balaban J connectivity index is 1.62. The predicted molar refractivity (Wildman–Crippen MR) is 131 cm³/mol. The van der Waals surface area contributed by atoms with E-state index < -0.39 is 32.7 Å². The minimum absolute atomic E-state index is 0.284. The molecule has 6 nitrogen and oxygen atoms in total. The van der Waals surface area contributed by atoms with E-state index in [4.69, 9.17) is 0 Å². The van der Waals surface area contributed by atoms with Gasteiger partial charge in [0.05, 0.1) is 0 Å². The zero-order valence-electron chi connectivity index (χ0n) is 17.9. The van der Waals surface area contributed by atoms with Gasteiger partial charge >= 0.3 is 0 Å². The fraction of sp³-hybridized carbons (Fsp3) is 0.409. The normalized spacial score (nSPS) is 15.4. The summed E-state index contributed by atoms with van der Waals surface area (Å²) in [7, 11) is -4.17. The van der Waals surface area contributed by atoms with Crippen molar-refractivity contribution in [2.24, 2.45) is 0 Å². The van der Waals surface area contributed by atoms with E-state index in [2.05, 4.69) is 14.9 Å². The van der Waals surface area contributed by atoms with Crippen LogP contribution in [0.2, 0.25) is 0 Å². The second-order valence-electron chi connectivity index (χ2n) is 7.37. The standard InChI is InChI=1S/C22H28FN3O3S3/c1-30-13-10-20(25-32(28,29)21-5-3-2-4-19(21)23)22(27)24-16-17-6-8-18(9-7-17)26-11-14-31-15-12-26/h2-9,20,25H,10-16H2,1H3,(H,24,27). The van der Waals surface area contributed by atoms with E-state index in [1.54, 1.807) is 0 Å². The molecule has 3 rings (SSSR count). The zero-order chi connectivity index (χ0) is 23.0. The van der Waals surface area contributed by atoms with Crippen molar-refractivity contribution in [1.29, 1.82) is 0 Å². The SMILES string of the molecule is CSCCC(NS(=O)(=O)c1ccccc1F)C(=O)NCc1ccc(N2CCSCC2)cc1. The summed E-state index contributed by atoms with van der Waals surface area (Å²) in [5.74, 6) is 1.55. The first-order chi connectivity index (χ1) is 15.4. The van der Waals surface area contributed by atoms with Crippen LogP contribution in [0, 0.1) is 5.82 Å². The first kappa shape index (κ1) is 24.9. The highest BCUT2D eigenvalue weighted by Gasteiger charge is 2.27. The van der Waals surface area contributed by atoms with Crippen molar-refractivity contribution in [3.8, 4) is 0 Å². The molecule has 0 bridgehead atoms. The Labute approximate surface area is 197 Å². The molecular weight excluding hydrogens is 469 g/mol. The van der Waals surface area contributed by atoms with Crippen LogP contribution in [0.15, 0.2) is 53.4 Å². The number of thioether (sulfide) groups is 2. The Hall–Kier alpha value is -1.75. The Kier molecular flexibility index (Phi) is 9.27. The van der Waals surface area contributed by atoms with E-state index >= 15 is 0 Å². The summed E-state index contributed by atoms with van der Waals surface area (Å²) in [5.41, 5.74) is 2.09. The number of carbonyl (C=O) groups is 1. The van der Waals surface area contributed by atoms with Gasteiger partial charge in [0.15, 0.2) is 0 Å². The summed E-state index contributed by atoms with van der Waals surface area (Å²) >= 11 is 3.47. The third-order valence-corrected chi connectivity index (χ3v) is 8.22. The van der Waals surface area contributed by atoms with Crippen molar-refractivity contribution in [2.45, 2.75) is 23.9 Å². The van der Waals surface area contributed by atoms with Crippen molar-refractivity contribution in [1.82, 2.24) is 10.0 Å². The Morgan fingerprint density at radius 1 is 1.16 bits per heavy atom. The fourth-order valence-electron chi connectivity index (χ4n) is 3.35. The molecule has 2 aromatic carbocycles. The van der Waals surface area contributed by atoms with Gasteiger partial charge in [0.25, 0.3) is 0 Å². The second kappa shape index (κ2) is 11.9. The van der Waals surface area contributed by atoms with Crippen molar-refractivity contribution in [2.75, 3.05) is 41.5 Å². The van der Waals surface area contributed by atoms with Gasteiger partial charge in [0, 0.05) is 36.8 Å². The van der Waals surface area contributed by atoms with Gasteiger partial charge in [-0.2, -0.15) is 28.2 Å². The number of nitrogens with zero attached hydrogens (tertiary/aromatic N) is 1. The zero-order valence-corrected chi connectivity index (χ0v) is 20.4. The van der Waals surface area contributed by atoms with Gasteiger partial charge in [0.1, 0.15) is 16.8 Å². The quantitative estimate of drug-likeness (QED) is 0.525. The van der Waals surface area contributed by atoms with E-state index in [0.29, 0.717) is 12.2 Å². The number of rotatable bonds is 10. The number of sulfonamides is 1. The van der Waals surface area contributed by atoms with Crippen LogP contribution < -0.4 is 14.9 Å². The van der Waals surface area contributed by atoms with Crippen LogP contribution in [0.25, 0.3) is 0 Å². The number of halogens is 1. The summed E-state index contributed by atoms with van der Waals surface area (Å²) in [6.07, 6.45) is 2.18. The van der Waals surface area contributed by atoms with Crippen LogP contribution in [-0.4, -0.2) is 57.0 Å². The Morgan fingerprint density at radius 3 is 2.50 bits per heavy atom. The van der Waals surface area contributed by atoms with Crippen molar-refractivity contribution in [3.05, 3.63) is 59.9 Å². The molecule has 1 amide bonds. The highest BCUT2D eigenvalue weighted by atomic mass is 32.2. The molecular formula is C22H28FN3O3S3. The lowest BCUT2D eigenvalue weighted by Gasteiger charge is -2.28. The van der Waals surface area contributed by atoms with E-state index in [0.717, 1.165) is 41.9 Å². The summed E-state index contributed by atoms with van der Waals surface area (Å²) in [4.78, 5) is 14.7. The molecule has 174 valence electrons. The molecule has 1 unspecified atom stereocenters. The third-order valence-electron chi connectivity index (χ3n) is 5.13. The van der Waals surface area contributed by atoms with E-state index in [-0.39, 0.29) is 6.54 Å². The molecule has 0 spiro atoms. The number of amides is 1. The molecule has 0 aromatic heterocycles. The average Bonchev–Trinajstić information content (AvgIpc) is 2.81. The predicted octanol–water partition coefficient (Wildman–Crippen LogP) is 3.10. The molecule has 2 aromatic rings. The number of hydrogen-bond acceptors (Lipinski definition) is 6. The summed E-state index contributed by atoms with van der Waals surface area (Å²) in [6.45, 7) is 2.34. The van der Waals surface area contributed by atoms with Gasteiger partial charge in [-0.3, -0.25) is 4.79 Å². The van der Waals surface area contributed by atoms with E-state index in [1.165, 1.54) is 30.0 Å². The van der Waals surface area contributed by atoms with Gasteiger partial charge in [-0.15, -0.1) is 0 Å². The molecule has 10 heteroatoms. The van der Waals surface area contributed by atoms with Gasteiger partial charge < -0.3 is 10.2 Å². The lowest BCUT2D eigenvalue weighted by atomic mass is 10.1. The number of anilines is 1. The smallest absolute Gasteiger partial charge is 0.244 e. The maximum atomic E-state index is 14.0. The minimum Gasteiger partial charge on any atom is -0.370 e. The van der Waals surface area contributed by atoms with Gasteiger partial charge in [-0.25, -0.2) is 12.8 Å². The van der Waals surface area contributed by atoms with Crippen LogP contribution in [0.5, 0.6) is 0 Å². The number of carbonyl (C=O) groups excluding carboxylic acids is 1. The maximum absolute atomic E-state index is 14.0. The van der Waals surface area contributed by atoms with Crippen LogP contribution >= 0.6 is 23.5 Å². The Bertz CT molecular complexity index is 997. The van der Waals surface area contributed by atoms with Gasteiger partial charge in [-0.05, 0) is 48.3 Å². The van der Waals surface area contributed by atoms with Crippen molar-refractivity contribution >= 4 is 45.1 Å². The first-order valence-electron chi connectivity index (χ1n) is 10.4. The summed E-state index contributed by atoms with van der Waals surface area (Å²) in [6, 6.07) is 12.2. The molecule has 32 heavy (non-hydrogen) atoms. The van der Waals surface area contributed by atoms with Crippen molar-refractivity contribution in [3.63, 3.8) is 0 Å². The topological polar surface area (TPSA) is 78.5 Å². The molecule has 1 aliphatic rings. The second-order valence-corrected chi connectivity index (χ2v) is 11.3. The van der Waals surface area contributed by atoms with Crippen LogP contribution in [0.3, 0.4) is 0 Å². The molecule has 0 radical (unpaired) electrons. The largest absolute Gasteiger partial charge is 0.370 e. The van der Waals surface area contributed by atoms with Crippen molar-refractivity contribution < 1.29 is 17.6 Å². The number of hydrogen-bond donors (Lipinski definition) is 2. The third kappa shape index (κ3) is 6.87. The minimum atomic E-state index is -4.17. The van der Waals surface area contributed by atoms with E-state index in [9.17, 15) is 17.6 Å². The highest BCUT2D eigenvalue weighted by molar-refractivity contribution is 7.99. The fourth-order valence-corrected chi connectivity index (χ4v) is 6.03. The van der Waals surface area contributed by atoms with Gasteiger partial charge in [0.2, 0.25) is 15.9 Å². The molecule has 1 fully saturated rings. The van der Waals surface area contributed by atoms with Crippen LogP contribution in [0.1, 0.15) is 12.0 Å². The summed E-state index contributed by atoms with van der Waals surface area (Å²) < 4.78 is 41.7. The molecule has 1 heterocycles. The first-order valence-corrected chi connectivity index (χ1v) is 14.4. The molecule has 1 aliphatic heterocycles. The highest BCUT2D eigenvalue weighted by Crippen LogP contribution is 2.20. The number of benzene rings is 2. The lowest BCUT2D eigenvalue weighted by Crippen LogP contribution is -2.46. The monoisotopic (exact) mass is 497 g/mol.